The summed E-state index contributed by atoms with van der Waals surface area (Å²) in [4.78, 5) is 50.5. The van der Waals surface area contributed by atoms with E-state index in [2.05, 4.69) is 10.6 Å². The average Bonchev–Trinajstić information content (AvgIpc) is 3.35. The fourth-order valence-corrected chi connectivity index (χ4v) is 5.85. The fourth-order valence-electron chi connectivity index (χ4n) is 4.83. The van der Waals surface area contributed by atoms with Crippen molar-refractivity contribution in [1.82, 2.24) is 10.2 Å². The van der Waals surface area contributed by atoms with Crippen LogP contribution in [0.3, 0.4) is 0 Å². The Hall–Kier alpha value is -4.44. The Kier molecular flexibility index (Phi) is 9.33. The molecule has 2 unspecified atom stereocenters. The lowest BCUT2D eigenvalue weighted by Crippen LogP contribution is -2.42. The standard InChI is InChI=1S/C32H33N5O4S/c1-3-27(30(39)35-24-15-9-10-16-26(24)41-2)42-32-36-23-14-8-7-13-22(23)29-34-25(31(40)37(29)32)17-18-28(38)33-20-19-21-11-5-4-6-12-21/h4-16,25,27H,3,17-20H2,1-2H3,(H,33,38)(H,35,39). The second-order valence-electron chi connectivity index (χ2n) is 9.88. The van der Waals surface area contributed by atoms with Crippen molar-refractivity contribution in [1.29, 1.82) is 0 Å². The number of amides is 3. The molecule has 3 aromatic carbocycles. The second-order valence-corrected chi connectivity index (χ2v) is 11.1. The Morgan fingerprint density at radius 3 is 2.55 bits per heavy atom. The van der Waals surface area contributed by atoms with Crippen LogP contribution in [-0.2, 0) is 20.8 Å². The number of amidine groups is 2. The predicted octanol–water partition coefficient (Wildman–Crippen LogP) is 4.94. The van der Waals surface area contributed by atoms with E-state index in [1.54, 1.807) is 19.2 Å². The van der Waals surface area contributed by atoms with Crippen molar-refractivity contribution >= 4 is 51.9 Å². The third kappa shape index (κ3) is 6.54. The van der Waals surface area contributed by atoms with Crippen molar-refractivity contribution in [3.05, 3.63) is 90.0 Å². The van der Waals surface area contributed by atoms with Crippen LogP contribution in [0, 0.1) is 0 Å². The molecule has 0 aliphatic carbocycles. The number of carbonyl (C=O) groups is 3. The minimum atomic E-state index is -0.709. The topological polar surface area (TPSA) is 112 Å². The molecule has 10 heteroatoms. The molecule has 9 nitrogen and oxygen atoms in total. The number of ether oxygens (including phenoxy) is 1. The monoisotopic (exact) mass is 583 g/mol. The number of carbonyl (C=O) groups excluding carboxylic acids is 3. The van der Waals surface area contributed by atoms with Gasteiger partial charge >= 0.3 is 0 Å². The van der Waals surface area contributed by atoms with E-state index in [9.17, 15) is 14.4 Å². The van der Waals surface area contributed by atoms with E-state index >= 15 is 0 Å². The number of anilines is 1. The number of para-hydroxylation sites is 3. The van der Waals surface area contributed by atoms with Gasteiger partial charge in [-0.25, -0.2) is 9.89 Å². The first kappa shape index (κ1) is 29.1. The summed E-state index contributed by atoms with van der Waals surface area (Å²) in [6.45, 7) is 2.44. The molecule has 2 aliphatic heterocycles. The molecular weight excluding hydrogens is 550 g/mol. The van der Waals surface area contributed by atoms with Crippen molar-refractivity contribution in [2.24, 2.45) is 9.98 Å². The minimum absolute atomic E-state index is 0.119. The lowest BCUT2D eigenvalue weighted by molar-refractivity contribution is -0.125. The smallest absolute Gasteiger partial charge is 0.259 e. The molecule has 0 saturated carbocycles. The summed E-state index contributed by atoms with van der Waals surface area (Å²) < 4.78 is 5.37. The Morgan fingerprint density at radius 2 is 1.76 bits per heavy atom. The summed E-state index contributed by atoms with van der Waals surface area (Å²) in [7, 11) is 1.55. The first-order chi connectivity index (χ1) is 20.5. The maximum Gasteiger partial charge on any atom is 0.259 e. The quantitative estimate of drug-likeness (QED) is 0.332. The van der Waals surface area contributed by atoms with Crippen molar-refractivity contribution in [2.75, 3.05) is 19.0 Å². The van der Waals surface area contributed by atoms with Crippen LogP contribution in [0.4, 0.5) is 11.4 Å². The van der Waals surface area contributed by atoms with Crippen LogP contribution in [0.2, 0.25) is 0 Å². The number of hydrogen-bond donors (Lipinski definition) is 2. The van der Waals surface area contributed by atoms with E-state index in [-0.39, 0.29) is 30.6 Å². The largest absolute Gasteiger partial charge is 0.495 e. The van der Waals surface area contributed by atoms with Gasteiger partial charge in [0.2, 0.25) is 11.8 Å². The Labute approximate surface area is 249 Å². The maximum absolute atomic E-state index is 13.7. The van der Waals surface area contributed by atoms with E-state index in [1.807, 2.05) is 73.7 Å². The van der Waals surface area contributed by atoms with E-state index < -0.39 is 11.3 Å². The highest BCUT2D eigenvalue weighted by atomic mass is 32.2. The number of benzene rings is 3. The number of thioether (sulfide) groups is 1. The average molecular weight is 584 g/mol. The van der Waals surface area contributed by atoms with Gasteiger partial charge in [0.15, 0.2) is 5.17 Å². The Bertz CT molecular complexity index is 1520. The minimum Gasteiger partial charge on any atom is -0.495 e. The zero-order valence-corrected chi connectivity index (χ0v) is 24.4. The van der Waals surface area contributed by atoms with Gasteiger partial charge in [-0.05, 0) is 49.1 Å². The highest BCUT2D eigenvalue weighted by Crippen LogP contribution is 2.36. The van der Waals surface area contributed by atoms with Crippen LogP contribution in [0.5, 0.6) is 5.75 Å². The number of rotatable bonds is 11. The normalized spacial score (nSPS) is 16.1. The van der Waals surface area contributed by atoms with Gasteiger partial charge in [0.1, 0.15) is 17.6 Å². The van der Waals surface area contributed by atoms with Crippen molar-refractivity contribution in [3.63, 3.8) is 0 Å². The Balaban J connectivity index is 1.27. The lowest BCUT2D eigenvalue weighted by atomic mass is 10.1. The van der Waals surface area contributed by atoms with Gasteiger partial charge in [-0.3, -0.25) is 19.4 Å². The third-order valence-corrected chi connectivity index (χ3v) is 8.36. The van der Waals surface area contributed by atoms with Crippen molar-refractivity contribution in [2.45, 2.75) is 43.9 Å². The molecule has 42 heavy (non-hydrogen) atoms. The fraction of sp³-hybridized carbons (Fsp3) is 0.281. The van der Waals surface area contributed by atoms with Crippen molar-refractivity contribution in [3.8, 4) is 5.75 Å². The molecule has 0 radical (unpaired) electrons. The van der Waals surface area contributed by atoms with Gasteiger partial charge in [0.05, 0.1) is 23.7 Å². The predicted molar refractivity (Wildman–Crippen MR) is 166 cm³/mol. The van der Waals surface area contributed by atoms with E-state index in [1.165, 1.54) is 16.7 Å². The summed E-state index contributed by atoms with van der Waals surface area (Å²) in [6.07, 6.45) is 1.70. The van der Waals surface area contributed by atoms with Crippen LogP contribution >= 0.6 is 11.8 Å². The van der Waals surface area contributed by atoms with Crippen LogP contribution in [0.25, 0.3) is 0 Å². The molecule has 2 atom stereocenters. The summed E-state index contributed by atoms with van der Waals surface area (Å²) in [5.41, 5.74) is 3.15. The molecule has 0 saturated heterocycles. The van der Waals surface area contributed by atoms with Crippen molar-refractivity contribution < 1.29 is 19.1 Å². The zero-order chi connectivity index (χ0) is 29.5. The number of nitrogens with zero attached hydrogens (tertiary/aromatic N) is 3. The van der Waals surface area contributed by atoms with Gasteiger partial charge in [0.25, 0.3) is 5.91 Å². The number of aliphatic imine (C=N–C) groups is 2. The molecule has 3 aromatic rings. The van der Waals surface area contributed by atoms with E-state index in [0.29, 0.717) is 41.1 Å². The van der Waals surface area contributed by atoms with Crippen LogP contribution in [0.15, 0.2) is 88.8 Å². The van der Waals surface area contributed by atoms with Crippen LogP contribution in [-0.4, -0.2) is 58.6 Å². The molecule has 3 amide bonds. The summed E-state index contributed by atoms with van der Waals surface area (Å²) >= 11 is 1.23. The van der Waals surface area contributed by atoms with Crippen LogP contribution < -0.4 is 15.4 Å². The number of nitrogens with one attached hydrogen (secondary N) is 2. The molecule has 0 fully saturated rings. The molecule has 2 N–H and O–H groups in total. The molecule has 2 aliphatic rings. The highest BCUT2D eigenvalue weighted by Gasteiger charge is 2.42. The summed E-state index contributed by atoms with van der Waals surface area (Å²) in [5, 5.41) is 5.75. The number of methoxy groups -OCH3 is 1. The highest BCUT2D eigenvalue weighted by molar-refractivity contribution is 8.15. The lowest BCUT2D eigenvalue weighted by Gasteiger charge is -2.27. The van der Waals surface area contributed by atoms with Crippen LogP contribution in [0.1, 0.15) is 37.3 Å². The SMILES string of the molecule is CCC(SC1=Nc2ccccc2C2=NC(CCC(=O)NCCc3ccccc3)C(=O)N12)C(=O)Nc1ccccc1OC. The molecule has 0 bridgehead atoms. The molecule has 0 aromatic heterocycles. The zero-order valence-electron chi connectivity index (χ0n) is 23.6. The van der Waals surface area contributed by atoms with Gasteiger partial charge in [-0.2, -0.15) is 0 Å². The van der Waals surface area contributed by atoms with Gasteiger partial charge in [-0.1, -0.05) is 73.3 Å². The molecule has 216 valence electrons. The third-order valence-electron chi connectivity index (χ3n) is 7.05. The van der Waals surface area contributed by atoms with Gasteiger partial charge in [0, 0.05) is 18.5 Å². The first-order valence-electron chi connectivity index (χ1n) is 14.0. The molecule has 0 spiro atoms. The number of fused-ring (bicyclic) bond motifs is 3. The van der Waals surface area contributed by atoms with Gasteiger partial charge < -0.3 is 15.4 Å². The number of hydrogen-bond acceptors (Lipinski definition) is 7. The van der Waals surface area contributed by atoms with Gasteiger partial charge in [-0.15, -0.1) is 0 Å². The molecule has 2 heterocycles. The first-order valence-corrected chi connectivity index (χ1v) is 14.9. The second kappa shape index (κ2) is 13.5. The maximum atomic E-state index is 13.7. The van der Waals surface area contributed by atoms with E-state index in [4.69, 9.17) is 14.7 Å². The summed E-state index contributed by atoms with van der Waals surface area (Å²) in [5.74, 6) is 0.477. The molecular formula is C32H33N5O4S. The van der Waals surface area contributed by atoms with E-state index in [0.717, 1.165) is 17.5 Å². The summed E-state index contributed by atoms with van der Waals surface area (Å²) in [6, 6.07) is 24.0. The Morgan fingerprint density at radius 1 is 1.02 bits per heavy atom. The molecule has 5 rings (SSSR count).